The van der Waals surface area contributed by atoms with Crippen LogP contribution in [-0.2, 0) is 6.54 Å². The predicted octanol–water partition coefficient (Wildman–Crippen LogP) is 3.15. The van der Waals surface area contributed by atoms with Gasteiger partial charge in [-0.15, -0.1) is 11.3 Å². The van der Waals surface area contributed by atoms with Crippen molar-refractivity contribution in [2.24, 2.45) is 17.8 Å². The van der Waals surface area contributed by atoms with Gasteiger partial charge in [0.1, 0.15) is 0 Å². The lowest BCUT2D eigenvalue weighted by Gasteiger charge is -2.41. The Balaban J connectivity index is 1.95. The minimum Gasteiger partial charge on any atom is -0.317 e. The second-order valence-electron chi connectivity index (χ2n) is 6.67. The summed E-state index contributed by atoms with van der Waals surface area (Å²) in [5.41, 5.74) is 3.15. The van der Waals surface area contributed by atoms with E-state index in [9.17, 15) is 0 Å². The van der Waals surface area contributed by atoms with Crippen LogP contribution in [0.2, 0.25) is 0 Å². The van der Waals surface area contributed by atoms with Crippen molar-refractivity contribution in [3.63, 3.8) is 0 Å². The molecule has 0 aromatic carbocycles. The lowest BCUT2D eigenvalue weighted by atomic mass is 9.72. The summed E-state index contributed by atoms with van der Waals surface area (Å²) in [6, 6.07) is 0.666. The van der Waals surface area contributed by atoms with Crippen molar-refractivity contribution in [1.82, 2.24) is 15.2 Å². The van der Waals surface area contributed by atoms with Gasteiger partial charge in [-0.25, -0.2) is 4.98 Å². The lowest BCUT2D eigenvalue weighted by molar-refractivity contribution is 0.113. The molecule has 1 heterocycles. The van der Waals surface area contributed by atoms with Crippen LogP contribution in [0.5, 0.6) is 0 Å². The number of aromatic nitrogens is 1. The SMILES string of the molecule is CNC1CC(C)CC(C)C1CN(C)Cc1scnc1C. The second kappa shape index (κ2) is 7.01. The van der Waals surface area contributed by atoms with Crippen LogP contribution < -0.4 is 5.32 Å². The zero-order chi connectivity index (χ0) is 14.7. The third kappa shape index (κ3) is 3.80. The molecule has 0 aliphatic heterocycles. The summed E-state index contributed by atoms with van der Waals surface area (Å²) in [7, 11) is 4.37. The van der Waals surface area contributed by atoms with Gasteiger partial charge in [-0.1, -0.05) is 13.8 Å². The summed E-state index contributed by atoms with van der Waals surface area (Å²) < 4.78 is 0. The van der Waals surface area contributed by atoms with E-state index in [1.54, 1.807) is 11.3 Å². The van der Waals surface area contributed by atoms with Crippen LogP contribution in [0.25, 0.3) is 0 Å². The Hall–Kier alpha value is -0.450. The van der Waals surface area contributed by atoms with E-state index in [0.717, 1.165) is 24.3 Å². The summed E-state index contributed by atoms with van der Waals surface area (Å²) in [5.74, 6) is 2.42. The third-order valence-electron chi connectivity index (χ3n) is 4.83. The highest BCUT2D eigenvalue weighted by molar-refractivity contribution is 7.09. The van der Waals surface area contributed by atoms with Gasteiger partial charge >= 0.3 is 0 Å². The molecule has 1 aliphatic carbocycles. The van der Waals surface area contributed by atoms with E-state index in [4.69, 9.17) is 0 Å². The molecule has 1 saturated carbocycles. The lowest BCUT2D eigenvalue weighted by Crippen LogP contribution is -2.47. The van der Waals surface area contributed by atoms with Gasteiger partial charge in [0.25, 0.3) is 0 Å². The zero-order valence-corrected chi connectivity index (χ0v) is 14.3. The molecule has 1 aromatic heterocycles. The monoisotopic (exact) mass is 295 g/mol. The van der Waals surface area contributed by atoms with E-state index in [1.165, 1.54) is 30.0 Å². The van der Waals surface area contributed by atoms with Crippen molar-refractivity contribution < 1.29 is 0 Å². The highest BCUT2D eigenvalue weighted by atomic mass is 32.1. The Morgan fingerprint density at radius 2 is 2.15 bits per heavy atom. The zero-order valence-electron chi connectivity index (χ0n) is 13.5. The van der Waals surface area contributed by atoms with Crippen LogP contribution >= 0.6 is 11.3 Å². The minimum atomic E-state index is 0.666. The quantitative estimate of drug-likeness (QED) is 0.904. The maximum Gasteiger partial charge on any atom is 0.0798 e. The summed E-state index contributed by atoms with van der Waals surface area (Å²) in [6.45, 7) is 9.14. The molecule has 20 heavy (non-hydrogen) atoms. The van der Waals surface area contributed by atoms with Gasteiger partial charge < -0.3 is 10.2 Å². The molecule has 0 spiro atoms. The standard InChI is InChI=1S/C16H29N3S/c1-11-6-12(2)14(15(7-11)17-4)8-19(5)9-16-13(3)18-10-20-16/h10-12,14-15,17H,6-9H2,1-5H3. The number of rotatable bonds is 5. The third-order valence-corrected chi connectivity index (χ3v) is 5.75. The van der Waals surface area contributed by atoms with Crippen LogP contribution in [0.1, 0.15) is 37.3 Å². The highest BCUT2D eigenvalue weighted by Gasteiger charge is 2.33. The van der Waals surface area contributed by atoms with E-state index in [2.05, 4.69) is 50.1 Å². The summed E-state index contributed by atoms with van der Waals surface area (Å²) in [5, 5.41) is 3.55. The molecule has 1 aliphatic rings. The molecular formula is C16H29N3S. The van der Waals surface area contributed by atoms with Crippen molar-refractivity contribution in [3.8, 4) is 0 Å². The smallest absolute Gasteiger partial charge is 0.0798 e. The van der Waals surface area contributed by atoms with Gasteiger partial charge in [0.05, 0.1) is 11.2 Å². The first-order valence-electron chi connectivity index (χ1n) is 7.76. The van der Waals surface area contributed by atoms with E-state index in [-0.39, 0.29) is 0 Å². The van der Waals surface area contributed by atoms with Crippen LogP contribution in [0.4, 0.5) is 0 Å². The first-order chi connectivity index (χ1) is 9.51. The van der Waals surface area contributed by atoms with E-state index >= 15 is 0 Å². The van der Waals surface area contributed by atoms with Gasteiger partial charge in [-0.05, 0) is 51.6 Å². The minimum absolute atomic E-state index is 0.666. The Bertz CT molecular complexity index is 418. The normalized spacial score (nSPS) is 30.9. The van der Waals surface area contributed by atoms with Crippen LogP contribution in [-0.4, -0.2) is 36.6 Å². The first kappa shape index (κ1) is 15.9. The van der Waals surface area contributed by atoms with Crippen molar-refractivity contribution in [1.29, 1.82) is 0 Å². The molecule has 0 bridgehead atoms. The van der Waals surface area contributed by atoms with E-state index < -0.39 is 0 Å². The summed E-state index contributed by atoms with van der Waals surface area (Å²) in [4.78, 5) is 8.23. The largest absolute Gasteiger partial charge is 0.317 e. The Morgan fingerprint density at radius 3 is 2.75 bits per heavy atom. The van der Waals surface area contributed by atoms with Crippen LogP contribution in [0.3, 0.4) is 0 Å². The number of hydrogen-bond donors (Lipinski definition) is 1. The van der Waals surface area contributed by atoms with Crippen molar-refractivity contribution in [2.75, 3.05) is 20.6 Å². The molecule has 4 atom stereocenters. The molecule has 4 unspecified atom stereocenters. The fourth-order valence-corrected chi connectivity index (χ4v) is 4.55. The molecule has 4 heteroatoms. The molecule has 1 N–H and O–H groups in total. The molecule has 0 amide bonds. The topological polar surface area (TPSA) is 28.2 Å². The Morgan fingerprint density at radius 1 is 1.40 bits per heavy atom. The number of aryl methyl sites for hydroxylation is 1. The number of nitrogens with zero attached hydrogens (tertiary/aromatic N) is 2. The van der Waals surface area contributed by atoms with Gasteiger partial charge in [0.15, 0.2) is 0 Å². The van der Waals surface area contributed by atoms with Crippen molar-refractivity contribution >= 4 is 11.3 Å². The van der Waals surface area contributed by atoms with Crippen LogP contribution in [0.15, 0.2) is 5.51 Å². The Kier molecular flexibility index (Phi) is 5.58. The number of nitrogens with one attached hydrogen (secondary N) is 1. The molecule has 1 aromatic rings. The van der Waals surface area contributed by atoms with Crippen LogP contribution in [0, 0.1) is 24.7 Å². The first-order valence-corrected chi connectivity index (χ1v) is 8.64. The van der Waals surface area contributed by atoms with Gasteiger partial charge in [0, 0.05) is 24.0 Å². The fraction of sp³-hybridized carbons (Fsp3) is 0.812. The van der Waals surface area contributed by atoms with Gasteiger partial charge in [-0.2, -0.15) is 0 Å². The molecule has 0 radical (unpaired) electrons. The second-order valence-corrected chi connectivity index (χ2v) is 7.61. The summed E-state index contributed by atoms with van der Waals surface area (Å²) >= 11 is 1.78. The average molecular weight is 295 g/mol. The molecule has 2 rings (SSSR count). The van der Waals surface area contributed by atoms with Crippen molar-refractivity contribution in [2.45, 2.75) is 46.2 Å². The molecular weight excluding hydrogens is 266 g/mol. The molecule has 3 nitrogen and oxygen atoms in total. The highest BCUT2D eigenvalue weighted by Crippen LogP contribution is 2.34. The predicted molar refractivity (Wildman–Crippen MR) is 87.1 cm³/mol. The fourth-order valence-electron chi connectivity index (χ4n) is 3.70. The van der Waals surface area contributed by atoms with E-state index in [1.807, 2.05) is 5.51 Å². The molecule has 0 saturated heterocycles. The molecule has 114 valence electrons. The van der Waals surface area contributed by atoms with Gasteiger partial charge in [0.2, 0.25) is 0 Å². The maximum absolute atomic E-state index is 4.35. The molecule has 1 fully saturated rings. The van der Waals surface area contributed by atoms with Gasteiger partial charge in [-0.3, -0.25) is 0 Å². The Labute approximate surface area is 127 Å². The van der Waals surface area contributed by atoms with Crippen molar-refractivity contribution in [3.05, 3.63) is 16.1 Å². The van der Waals surface area contributed by atoms with E-state index in [0.29, 0.717) is 6.04 Å². The maximum atomic E-state index is 4.35. The summed E-state index contributed by atoms with van der Waals surface area (Å²) in [6.07, 6.45) is 2.69. The number of thiazole rings is 1. The number of hydrogen-bond acceptors (Lipinski definition) is 4. The average Bonchev–Trinajstić information content (AvgIpc) is 2.78.